The Balaban J connectivity index is 2.17. The molecule has 0 aromatic heterocycles. The predicted molar refractivity (Wildman–Crippen MR) is 78.2 cm³/mol. The molecule has 0 heterocycles. The van der Waals surface area contributed by atoms with Crippen molar-refractivity contribution in [1.82, 2.24) is 0 Å². The van der Waals surface area contributed by atoms with Crippen molar-refractivity contribution >= 4 is 5.97 Å². The van der Waals surface area contributed by atoms with Crippen molar-refractivity contribution in [2.75, 3.05) is 0 Å². The van der Waals surface area contributed by atoms with Gasteiger partial charge in [0.2, 0.25) is 5.92 Å². The highest BCUT2D eigenvalue weighted by atomic mass is 19.3. The van der Waals surface area contributed by atoms with E-state index in [1.807, 2.05) is 0 Å². The largest absolute Gasteiger partial charge is 0.455 e. The number of rotatable bonds is 3. The summed E-state index contributed by atoms with van der Waals surface area (Å²) >= 11 is 0. The van der Waals surface area contributed by atoms with E-state index in [0.717, 1.165) is 19.3 Å². The minimum atomic E-state index is -2.55. The topological polar surface area (TPSA) is 26.3 Å². The monoisotopic (exact) mass is 300 g/mol. The van der Waals surface area contributed by atoms with Crippen molar-refractivity contribution in [3.05, 3.63) is 12.2 Å². The molecule has 0 spiro atoms. The fourth-order valence-corrected chi connectivity index (χ4v) is 3.89. The fraction of sp³-hybridized carbons (Fsp3) is 0.824. The van der Waals surface area contributed by atoms with Crippen molar-refractivity contribution in [2.24, 2.45) is 11.3 Å². The van der Waals surface area contributed by atoms with Crippen LogP contribution in [0.25, 0.3) is 0 Å². The summed E-state index contributed by atoms with van der Waals surface area (Å²) in [7, 11) is 0. The van der Waals surface area contributed by atoms with E-state index >= 15 is 0 Å². The fourth-order valence-electron chi connectivity index (χ4n) is 3.89. The number of carbonyl (C=O) groups is 1. The lowest BCUT2D eigenvalue weighted by Crippen LogP contribution is -2.44. The molecule has 4 heteroatoms. The maximum absolute atomic E-state index is 13.4. The highest BCUT2D eigenvalue weighted by molar-refractivity contribution is 5.87. The van der Waals surface area contributed by atoms with Crippen LogP contribution in [0, 0.1) is 11.3 Å². The van der Waals surface area contributed by atoms with Crippen LogP contribution < -0.4 is 0 Å². The Morgan fingerprint density at radius 3 is 2.14 bits per heavy atom. The van der Waals surface area contributed by atoms with E-state index in [4.69, 9.17) is 4.74 Å². The summed E-state index contributed by atoms with van der Waals surface area (Å²) in [6, 6.07) is 0. The predicted octanol–water partition coefficient (Wildman–Crippen LogP) is 4.88. The van der Waals surface area contributed by atoms with Crippen LogP contribution in [0.3, 0.4) is 0 Å². The van der Waals surface area contributed by atoms with Gasteiger partial charge in [0.1, 0.15) is 5.60 Å². The Kier molecular flexibility index (Phi) is 4.20. The van der Waals surface area contributed by atoms with Crippen LogP contribution in [0.5, 0.6) is 0 Å². The van der Waals surface area contributed by atoms with Gasteiger partial charge in [-0.05, 0) is 50.4 Å². The van der Waals surface area contributed by atoms with Gasteiger partial charge in [0.15, 0.2) is 0 Å². The highest BCUT2D eigenvalue weighted by Gasteiger charge is 2.53. The standard InChI is InChI=1S/C17H26F2O2/c1-12(2)14(20)21-16(10-9-15(3,4)11-16)13-5-7-17(18,19)8-6-13/h13H,1,5-11H2,2-4H3. The van der Waals surface area contributed by atoms with Gasteiger partial charge in [-0.3, -0.25) is 0 Å². The van der Waals surface area contributed by atoms with Gasteiger partial charge in [-0.25, -0.2) is 13.6 Å². The smallest absolute Gasteiger partial charge is 0.333 e. The van der Waals surface area contributed by atoms with Crippen LogP contribution >= 0.6 is 0 Å². The number of alkyl halides is 2. The maximum Gasteiger partial charge on any atom is 0.333 e. The molecule has 2 nitrogen and oxygen atoms in total. The Morgan fingerprint density at radius 2 is 1.71 bits per heavy atom. The van der Waals surface area contributed by atoms with Gasteiger partial charge in [-0.15, -0.1) is 0 Å². The lowest BCUT2D eigenvalue weighted by molar-refractivity contribution is -0.167. The first-order valence-electron chi connectivity index (χ1n) is 7.82. The van der Waals surface area contributed by atoms with Gasteiger partial charge in [0.05, 0.1) is 0 Å². The molecule has 2 saturated carbocycles. The summed E-state index contributed by atoms with van der Waals surface area (Å²) in [6.45, 7) is 9.58. The zero-order valence-electron chi connectivity index (χ0n) is 13.3. The minimum Gasteiger partial charge on any atom is -0.455 e. The molecule has 0 N–H and O–H groups in total. The van der Waals surface area contributed by atoms with Crippen LogP contribution in [-0.4, -0.2) is 17.5 Å². The molecule has 0 aliphatic heterocycles. The molecule has 0 aromatic rings. The molecule has 1 unspecified atom stereocenters. The van der Waals surface area contributed by atoms with Crippen LogP contribution in [-0.2, 0) is 9.53 Å². The molecule has 2 rings (SSSR count). The number of halogens is 2. The van der Waals surface area contributed by atoms with E-state index in [1.54, 1.807) is 6.92 Å². The van der Waals surface area contributed by atoms with Crippen molar-refractivity contribution in [2.45, 2.75) is 77.2 Å². The van der Waals surface area contributed by atoms with Crippen molar-refractivity contribution in [3.63, 3.8) is 0 Å². The van der Waals surface area contributed by atoms with Crippen molar-refractivity contribution in [1.29, 1.82) is 0 Å². The van der Waals surface area contributed by atoms with E-state index < -0.39 is 11.5 Å². The number of ether oxygens (including phenoxy) is 1. The van der Waals surface area contributed by atoms with Gasteiger partial charge in [-0.2, -0.15) is 0 Å². The summed E-state index contributed by atoms with van der Waals surface area (Å²) < 4.78 is 32.6. The zero-order valence-corrected chi connectivity index (χ0v) is 13.3. The summed E-state index contributed by atoms with van der Waals surface area (Å²) in [4.78, 5) is 12.0. The first kappa shape index (κ1) is 16.4. The van der Waals surface area contributed by atoms with Gasteiger partial charge in [-0.1, -0.05) is 20.4 Å². The third kappa shape index (κ3) is 3.64. The summed E-state index contributed by atoms with van der Waals surface area (Å²) in [6.07, 6.45) is 3.18. The third-order valence-electron chi connectivity index (χ3n) is 5.11. The second-order valence-electron chi connectivity index (χ2n) is 7.71. The molecule has 0 aromatic carbocycles. The van der Waals surface area contributed by atoms with Gasteiger partial charge in [0.25, 0.3) is 0 Å². The van der Waals surface area contributed by atoms with E-state index in [1.165, 1.54) is 0 Å². The molecule has 0 radical (unpaired) electrons. The molecule has 1 atom stereocenters. The van der Waals surface area contributed by atoms with Gasteiger partial charge in [0, 0.05) is 18.4 Å². The molecule has 2 fully saturated rings. The zero-order chi connectivity index (χ0) is 15.9. The summed E-state index contributed by atoms with van der Waals surface area (Å²) in [5, 5.41) is 0. The SMILES string of the molecule is C=C(C)C(=O)OC1(C2CCC(F)(F)CC2)CCC(C)(C)C1. The quantitative estimate of drug-likeness (QED) is 0.548. The van der Waals surface area contributed by atoms with E-state index in [9.17, 15) is 13.6 Å². The van der Waals surface area contributed by atoms with Gasteiger partial charge < -0.3 is 4.74 Å². The average molecular weight is 300 g/mol. The molecule has 0 saturated heterocycles. The molecule has 2 aliphatic rings. The minimum absolute atomic E-state index is 0.0437. The Labute approximate surface area is 125 Å². The summed E-state index contributed by atoms with van der Waals surface area (Å²) in [5.74, 6) is -2.89. The normalized spacial score (nSPS) is 31.9. The lowest BCUT2D eigenvalue weighted by Gasteiger charge is -2.41. The van der Waals surface area contributed by atoms with Gasteiger partial charge >= 0.3 is 5.97 Å². The molecule has 0 amide bonds. The number of hydrogen-bond donors (Lipinski definition) is 0. The number of esters is 1. The summed E-state index contributed by atoms with van der Waals surface area (Å²) in [5.41, 5.74) is -0.106. The van der Waals surface area contributed by atoms with E-state index in [0.29, 0.717) is 18.4 Å². The van der Waals surface area contributed by atoms with Crippen molar-refractivity contribution in [3.8, 4) is 0 Å². The van der Waals surface area contributed by atoms with Crippen molar-refractivity contribution < 1.29 is 18.3 Å². The van der Waals surface area contributed by atoms with Crippen LogP contribution in [0.1, 0.15) is 65.7 Å². The number of carbonyl (C=O) groups excluding carboxylic acids is 1. The maximum atomic E-state index is 13.4. The molecular formula is C17H26F2O2. The third-order valence-corrected chi connectivity index (χ3v) is 5.11. The molecular weight excluding hydrogens is 274 g/mol. The second kappa shape index (κ2) is 5.36. The lowest BCUT2D eigenvalue weighted by atomic mass is 9.73. The first-order chi connectivity index (χ1) is 9.55. The first-order valence-corrected chi connectivity index (χ1v) is 7.82. The van der Waals surface area contributed by atoms with E-state index in [-0.39, 0.29) is 30.1 Å². The van der Waals surface area contributed by atoms with Crippen LogP contribution in [0.15, 0.2) is 12.2 Å². The Bertz CT molecular complexity index is 432. The average Bonchev–Trinajstić information content (AvgIpc) is 2.65. The van der Waals surface area contributed by atoms with Crippen LogP contribution in [0.4, 0.5) is 8.78 Å². The Hall–Kier alpha value is -0.930. The van der Waals surface area contributed by atoms with E-state index in [2.05, 4.69) is 20.4 Å². The second-order valence-corrected chi connectivity index (χ2v) is 7.71. The highest BCUT2D eigenvalue weighted by Crippen LogP contribution is 2.54. The van der Waals surface area contributed by atoms with Crippen LogP contribution in [0.2, 0.25) is 0 Å². The number of hydrogen-bond acceptors (Lipinski definition) is 2. The Morgan fingerprint density at radius 1 is 1.14 bits per heavy atom. The molecule has 2 aliphatic carbocycles. The molecule has 0 bridgehead atoms. The molecule has 21 heavy (non-hydrogen) atoms. The molecule has 120 valence electrons.